The lowest BCUT2D eigenvalue weighted by Gasteiger charge is -2.28. The molecule has 0 rings (SSSR count). The monoisotopic (exact) mass is 287 g/mol. The van der Waals surface area contributed by atoms with Crippen molar-refractivity contribution < 1.29 is 24.2 Å². The first kappa shape index (κ1) is 18.4. The molecule has 6 heteroatoms. The van der Waals surface area contributed by atoms with E-state index in [0.717, 1.165) is 0 Å². The topological polar surface area (TPSA) is 83.9 Å². The molecular formula is C14H25NO5. The molecule has 6 nitrogen and oxygen atoms in total. The molecule has 20 heavy (non-hydrogen) atoms. The Balaban J connectivity index is 4.51. The lowest BCUT2D eigenvalue weighted by molar-refractivity contribution is -0.154. The van der Waals surface area contributed by atoms with E-state index in [4.69, 9.17) is 4.74 Å². The highest BCUT2D eigenvalue weighted by molar-refractivity contribution is 5.85. The van der Waals surface area contributed by atoms with Gasteiger partial charge in [-0.15, -0.1) is 0 Å². The molecule has 0 aliphatic heterocycles. The van der Waals surface area contributed by atoms with Crippen LogP contribution in [0.5, 0.6) is 0 Å². The van der Waals surface area contributed by atoms with Gasteiger partial charge >= 0.3 is 11.9 Å². The van der Waals surface area contributed by atoms with Crippen molar-refractivity contribution in [1.29, 1.82) is 0 Å². The van der Waals surface area contributed by atoms with Gasteiger partial charge in [-0.1, -0.05) is 13.8 Å². The summed E-state index contributed by atoms with van der Waals surface area (Å²) in [5.41, 5.74) is -1.02. The van der Waals surface area contributed by atoms with Crippen LogP contribution in [0.1, 0.15) is 46.5 Å². The number of hydrogen-bond acceptors (Lipinski definition) is 4. The lowest BCUT2D eigenvalue weighted by Crippen LogP contribution is -2.38. The van der Waals surface area contributed by atoms with Gasteiger partial charge in [-0.25, -0.2) is 0 Å². The molecule has 116 valence electrons. The number of aliphatic carboxylic acids is 1. The van der Waals surface area contributed by atoms with Gasteiger partial charge in [0.05, 0.1) is 18.4 Å². The van der Waals surface area contributed by atoms with Crippen LogP contribution in [0.25, 0.3) is 0 Å². The first-order chi connectivity index (χ1) is 9.32. The zero-order valence-corrected chi connectivity index (χ0v) is 12.8. The van der Waals surface area contributed by atoms with Gasteiger partial charge in [0.15, 0.2) is 0 Å². The van der Waals surface area contributed by atoms with Crippen LogP contribution >= 0.6 is 0 Å². The number of nitrogens with zero attached hydrogens (tertiary/aromatic N) is 1. The molecule has 0 unspecified atom stereocenters. The number of rotatable bonds is 9. The van der Waals surface area contributed by atoms with Crippen molar-refractivity contribution in [3.8, 4) is 0 Å². The van der Waals surface area contributed by atoms with E-state index in [9.17, 15) is 19.5 Å². The van der Waals surface area contributed by atoms with E-state index >= 15 is 0 Å². The van der Waals surface area contributed by atoms with Crippen molar-refractivity contribution in [1.82, 2.24) is 4.90 Å². The summed E-state index contributed by atoms with van der Waals surface area (Å²) >= 11 is 0. The number of carbonyl (C=O) groups is 3. The maximum atomic E-state index is 12.1. The summed E-state index contributed by atoms with van der Waals surface area (Å²) in [6.45, 7) is 5.80. The maximum absolute atomic E-state index is 12.1. The molecule has 1 N–H and O–H groups in total. The average molecular weight is 287 g/mol. The number of amides is 1. The second-order valence-electron chi connectivity index (χ2n) is 4.84. The van der Waals surface area contributed by atoms with Crippen LogP contribution < -0.4 is 0 Å². The van der Waals surface area contributed by atoms with Gasteiger partial charge in [0, 0.05) is 20.0 Å². The highest BCUT2D eigenvalue weighted by Gasteiger charge is 2.37. The van der Waals surface area contributed by atoms with E-state index in [1.54, 1.807) is 27.8 Å². The third-order valence-corrected chi connectivity index (χ3v) is 3.68. The molecule has 0 saturated heterocycles. The molecule has 0 bridgehead atoms. The molecule has 0 saturated carbocycles. The van der Waals surface area contributed by atoms with Crippen LogP contribution in [0, 0.1) is 5.41 Å². The number of carboxylic acids is 1. The fourth-order valence-electron chi connectivity index (χ4n) is 1.92. The molecule has 0 aliphatic carbocycles. The first-order valence-corrected chi connectivity index (χ1v) is 6.95. The Morgan fingerprint density at radius 1 is 1.15 bits per heavy atom. The summed E-state index contributed by atoms with van der Waals surface area (Å²) in [6.07, 6.45) is 0.871. The van der Waals surface area contributed by atoms with E-state index < -0.39 is 11.4 Å². The van der Waals surface area contributed by atoms with Gasteiger partial charge in [-0.05, 0) is 19.8 Å². The normalized spacial score (nSPS) is 11.0. The minimum atomic E-state index is -1.02. The van der Waals surface area contributed by atoms with Gasteiger partial charge in [-0.3, -0.25) is 14.4 Å². The van der Waals surface area contributed by atoms with Gasteiger partial charge < -0.3 is 14.7 Å². The van der Waals surface area contributed by atoms with Crippen LogP contribution in [0.3, 0.4) is 0 Å². The summed E-state index contributed by atoms with van der Waals surface area (Å²) < 4.78 is 4.78. The molecule has 0 aromatic carbocycles. The van der Waals surface area contributed by atoms with Crippen LogP contribution in [0.4, 0.5) is 0 Å². The van der Waals surface area contributed by atoms with E-state index in [2.05, 4.69) is 0 Å². The Morgan fingerprint density at radius 3 is 2.10 bits per heavy atom. The van der Waals surface area contributed by atoms with Crippen LogP contribution in [-0.2, 0) is 19.1 Å². The predicted octanol–water partition coefficient (Wildman–Crippen LogP) is 1.68. The number of hydrogen-bond donors (Lipinski definition) is 1. The quantitative estimate of drug-likeness (QED) is 0.652. The van der Waals surface area contributed by atoms with Gasteiger partial charge in [0.25, 0.3) is 0 Å². The van der Waals surface area contributed by atoms with E-state index in [-0.39, 0.29) is 31.3 Å². The molecule has 0 radical (unpaired) electrons. The number of carbonyl (C=O) groups excluding carboxylic acids is 2. The summed E-state index contributed by atoms with van der Waals surface area (Å²) in [5.74, 6) is -1.57. The molecule has 0 atom stereocenters. The smallest absolute Gasteiger partial charge is 0.310 e. The van der Waals surface area contributed by atoms with Gasteiger partial charge in [0.1, 0.15) is 0 Å². The van der Waals surface area contributed by atoms with Crippen LogP contribution in [0.2, 0.25) is 0 Å². The SMILES string of the molecule is CCOC(=O)CCN(C)C(=O)CC(CC)(CC)C(=O)O. The molecule has 0 spiro atoms. The standard InChI is InChI=1S/C14H25NO5/c1-5-14(6-2,13(18)19)10-11(16)15(4)9-8-12(17)20-7-3/h5-10H2,1-4H3,(H,18,19). The molecule has 1 amide bonds. The lowest BCUT2D eigenvalue weighted by atomic mass is 9.79. The summed E-state index contributed by atoms with van der Waals surface area (Å²) in [7, 11) is 1.57. The van der Waals surface area contributed by atoms with Gasteiger partial charge in [-0.2, -0.15) is 0 Å². The highest BCUT2D eigenvalue weighted by atomic mass is 16.5. The predicted molar refractivity (Wildman–Crippen MR) is 74.2 cm³/mol. The molecule has 0 fully saturated rings. The van der Waals surface area contributed by atoms with E-state index in [0.29, 0.717) is 19.4 Å². The van der Waals surface area contributed by atoms with Crippen molar-refractivity contribution in [2.75, 3.05) is 20.2 Å². The van der Waals surface area contributed by atoms with Crippen molar-refractivity contribution in [2.24, 2.45) is 5.41 Å². The Labute approximate surface area is 120 Å². The number of carboxylic acid groups (broad SMARTS) is 1. The fraction of sp³-hybridized carbons (Fsp3) is 0.786. The number of ether oxygens (including phenoxy) is 1. The van der Waals surface area contributed by atoms with Crippen molar-refractivity contribution >= 4 is 17.8 Å². The highest BCUT2D eigenvalue weighted by Crippen LogP contribution is 2.31. The summed E-state index contributed by atoms with van der Waals surface area (Å²) in [6, 6.07) is 0. The molecule has 0 aromatic rings. The first-order valence-electron chi connectivity index (χ1n) is 6.95. The van der Waals surface area contributed by atoms with Gasteiger partial charge in [0.2, 0.25) is 5.91 Å². The minimum Gasteiger partial charge on any atom is -0.481 e. The molecular weight excluding hydrogens is 262 g/mol. The van der Waals surface area contributed by atoms with Crippen molar-refractivity contribution in [3.63, 3.8) is 0 Å². The molecule has 0 aromatic heterocycles. The fourth-order valence-corrected chi connectivity index (χ4v) is 1.92. The molecule has 0 heterocycles. The second-order valence-corrected chi connectivity index (χ2v) is 4.84. The Kier molecular flexibility index (Phi) is 7.87. The largest absolute Gasteiger partial charge is 0.481 e. The zero-order chi connectivity index (χ0) is 15.8. The minimum absolute atomic E-state index is 0.0470. The Bertz CT molecular complexity index is 349. The third kappa shape index (κ3) is 5.19. The number of esters is 1. The Morgan fingerprint density at radius 2 is 1.70 bits per heavy atom. The maximum Gasteiger partial charge on any atom is 0.310 e. The van der Waals surface area contributed by atoms with Crippen LogP contribution in [-0.4, -0.2) is 48.1 Å². The van der Waals surface area contributed by atoms with Crippen LogP contribution in [0.15, 0.2) is 0 Å². The van der Waals surface area contributed by atoms with Crippen molar-refractivity contribution in [3.05, 3.63) is 0 Å². The van der Waals surface area contributed by atoms with E-state index in [1.807, 2.05) is 0 Å². The summed E-state index contributed by atoms with van der Waals surface area (Å²) in [4.78, 5) is 36.0. The zero-order valence-electron chi connectivity index (χ0n) is 12.8. The second kappa shape index (κ2) is 8.55. The average Bonchev–Trinajstić information content (AvgIpc) is 2.41. The van der Waals surface area contributed by atoms with Crippen molar-refractivity contribution in [2.45, 2.75) is 46.5 Å². The third-order valence-electron chi connectivity index (χ3n) is 3.68. The van der Waals surface area contributed by atoms with E-state index in [1.165, 1.54) is 4.90 Å². The Hall–Kier alpha value is -1.59. The summed E-state index contributed by atoms with van der Waals surface area (Å²) in [5, 5.41) is 9.30. The molecule has 0 aliphatic rings.